The Morgan fingerprint density at radius 2 is 1.43 bits per heavy atom. The van der Waals surface area contributed by atoms with E-state index in [4.69, 9.17) is 5.11 Å². The van der Waals surface area contributed by atoms with Crippen molar-refractivity contribution in [3.63, 3.8) is 0 Å². The van der Waals surface area contributed by atoms with Crippen LogP contribution in [0, 0.1) is 0 Å². The number of rotatable bonds is 6. The highest BCUT2D eigenvalue weighted by molar-refractivity contribution is 7.92. The Labute approximate surface area is 172 Å². The second-order valence-corrected chi connectivity index (χ2v) is 7.76. The molecule has 0 bridgehead atoms. The van der Waals surface area contributed by atoms with Gasteiger partial charge in [-0.3, -0.25) is 4.72 Å². The van der Waals surface area contributed by atoms with Crippen LogP contribution in [0.3, 0.4) is 0 Å². The molecule has 0 saturated heterocycles. The van der Waals surface area contributed by atoms with E-state index in [-0.39, 0.29) is 16.3 Å². The first kappa shape index (κ1) is 20.7. The molecule has 2 amide bonds. The van der Waals surface area contributed by atoms with Crippen molar-refractivity contribution in [1.29, 1.82) is 0 Å². The van der Waals surface area contributed by atoms with Crippen molar-refractivity contribution < 1.29 is 28.2 Å². The van der Waals surface area contributed by atoms with Crippen molar-refractivity contribution in [2.75, 3.05) is 15.4 Å². The molecule has 3 aromatic carbocycles. The Bertz CT molecular complexity index is 1200. The number of carboxylic acid groups (broad SMARTS) is 1. The van der Waals surface area contributed by atoms with Crippen molar-refractivity contribution in [1.82, 2.24) is 0 Å². The molecule has 3 rings (SSSR count). The average molecular weight is 427 g/mol. The Kier molecular flexibility index (Phi) is 5.88. The van der Waals surface area contributed by atoms with Gasteiger partial charge in [-0.25, -0.2) is 18.0 Å². The average Bonchev–Trinajstić information content (AvgIpc) is 2.69. The summed E-state index contributed by atoms with van der Waals surface area (Å²) in [5.74, 6) is -2.07. The maximum atomic E-state index is 12.7. The maximum absolute atomic E-state index is 12.7. The van der Waals surface area contributed by atoms with E-state index in [2.05, 4.69) is 15.4 Å². The van der Waals surface area contributed by atoms with Crippen molar-refractivity contribution in [3.05, 3.63) is 78.4 Å². The van der Waals surface area contributed by atoms with Gasteiger partial charge >= 0.3 is 12.0 Å². The van der Waals surface area contributed by atoms with Gasteiger partial charge in [-0.05, 0) is 36.4 Å². The third-order valence-electron chi connectivity index (χ3n) is 3.96. The normalized spacial score (nSPS) is 10.8. The number of hydrogen-bond donors (Lipinski definition) is 5. The number of benzene rings is 3. The minimum atomic E-state index is -4.17. The van der Waals surface area contributed by atoms with Gasteiger partial charge in [0.2, 0.25) is 0 Å². The van der Waals surface area contributed by atoms with Crippen LogP contribution in [-0.2, 0) is 10.0 Å². The second kappa shape index (κ2) is 8.53. The number of anilines is 3. The fourth-order valence-corrected chi connectivity index (χ4v) is 3.65. The molecule has 0 saturated carbocycles. The van der Waals surface area contributed by atoms with Gasteiger partial charge in [0.15, 0.2) is 0 Å². The number of aromatic carboxylic acids is 1. The summed E-state index contributed by atoms with van der Waals surface area (Å²) in [6, 6.07) is 17.2. The van der Waals surface area contributed by atoms with Crippen LogP contribution in [0.2, 0.25) is 0 Å². The topological polar surface area (TPSA) is 145 Å². The Morgan fingerprint density at radius 1 is 0.800 bits per heavy atom. The van der Waals surface area contributed by atoms with Crippen LogP contribution in [0.1, 0.15) is 10.4 Å². The Balaban J connectivity index is 1.81. The molecule has 3 aromatic rings. The quantitative estimate of drug-likeness (QED) is 0.407. The molecule has 0 radical (unpaired) electrons. The number of hydrogen-bond acceptors (Lipinski definition) is 5. The molecule has 0 spiro atoms. The van der Waals surface area contributed by atoms with E-state index in [1.807, 2.05) is 0 Å². The maximum Gasteiger partial charge on any atom is 0.339 e. The zero-order valence-electron chi connectivity index (χ0n) is 15.4. The van der Waals surface area contributed by atoms with Crippen molar-refractivity contribution in [2.24, 2.45) is 0 Å². The van der Waals surface area contributed by atoms with E-state index >= 15 is 0 Å². The first-order chi connectivity index (χ1) is 14.3. The van der Waals surface area contributed by atoms with E-state index < -0.39 is 33.3 Å². The fourth-order valence-electron chi connectivity index (χ4n) is 2.55. The molecule has 0 unspecified atom stereocenters. The summed E-state index contributed by atoms with van der Waals surface area (Å²) >= 11 is 0. The lowest BCUT2D eigenvalue weighted by molar-refractivity contribution is 0.0693. The van der Waals surface area contributed by atoms with Gasteiger partial charge in [-0.15, -0.1) is 0 Å². The predicted octanol–water partition coefficient (Wildman–Crippen LogP) is 3.54. The second-order valence-electron chi connectivity index (χ2n) is 6.08. The van der Waals surface area contributed by atoms with Crippen molar-refractivity contribution in [3.8, 4) is 5.75 Å². The third-order valence-corrected chi connectivity index (χ3v) is 5.32. The lowest BCUT2D eigenvalue weighted by Gasteiger charge is -2.14. The summed E-state index contributed by atoms with van der Waals surface area (Å²) in [4.78, 5) is 22.9. The Morgan fingerprint density at radius 3 is 2.07 bits per heavy atom. The number of carboxylic acids is 1. The number of carbonyl (C=O) groups is 2. The van der Waals surface area contributed by atoms with E-state index in [0.29, 0.717) is 5.69 Å². The van der Waals surface area contributed by atoms with Crippen LogP contribution in [-0.4, -0.2) is 30.6 Å². The predicted molar refractivity (Wildman–Crippen MR) is 111 cm³/mol. The highest BCUT2D eigenvalue weighted by Crippen LogP contribution is 2.27. The molecule has 30 heavy (non-hydrogen) atoms. The third kappa shape index (κ3) is 4.86. The van der Waals surface area contributed by atoms with Crippen LogP contribution in [0.5, 0.6) is 5.75 Å². The fraction of sp³-hybridized carbons (Fsp3) is 0. The van der Waals surface area contributed by atoms with Gasteiger partial charge in [-0.2, -0.15) is 0 Å². The molecule has 10 heteroatoms. The van der Waals surface area contributed by atoms with E-state index in [1.54, 1.807) is 42.5 Å². The monoisotopic (exact) mass is 427 g/mol. The lowest BCUT2D eigenvalue weighted by Crippen LogP contribution is -2.21. The highest BCUT2D eigenvalue weighted by atomic mass is 32.2. The van der Waals surface area contributed by atoms with Crippen LogP contribution in [0.25, 0.3) is 0 Å². The van der Waals surface area contributed by atoms with Gasteiger partial charge in [0.25, 0.3) is 10.0 Å². The molecular weight excluding hydrogens is 410 g/mol. The number of urea groups is 1. The molecule has 9 nitrogen and oxygen atoms in total. The molecule has 0 aliphatic rings. The molecule has 0 heterocycles. The number of sulfonamides is 1. The molecule has 5 N–H and O–H groups in total. The smallest absolute Gasteiger partial charge is 0.339 e. The first-order valence-corrected chi connectivity index (χ1v) is 10.1. The summed E-state index contributed by atoms with van der Waals surface area (Å²) in [5.41, 5.74) is 0.416. The zero-order chi connectivity index (χ0) is 21.7. The molecule has 0 aliphatic heterocycles. The number of aromatic hydroxyl groups is 1. The molecule has 0 fully saturated rings. The number of amides is 2. The van der Waals surface area contributed by atoms with E-state index in [0.717, 1.165) is 18.2 Å². The SMILES string of the molecule is O=C(Nc1ccccc1)Nc1ccccc1NS(=O)(=O)c1ccc(C(=O)O)c(O)c1. The van der Waals surface area contributed by atoms with E-state index in [1.165, 1.54) is 12.1 Å². The zero-order valence-corrected chi connectivity index (χ0v) is 16.2. The molecular formula is C20H17N3O6S. The standard InChI is InChI=1S/C20H17N3O6S/c24-18-12-14(10-11-15(18)19(25)26)30(28,29)23-17-9-5-4-8-16(17)22-20(27)21-13-6-2-1-3-7-13/h1-12,23-24H,(H,25,26)(H2,21,22,27). The summed E-state index contributed by atoms with van der Waals surface area (Å²) in [6.07, 6.45) is 0. The van der Waals surface area contributed by atoms with Crippen LogP contribution >= 0.6 is 0 Å². The van der Waals surface area contributed by atoms with Gasteiger partial charge in [0.1, 0.15) is 11.3 Å². The molecule has 0 atom stereocenters. The minimum Gasteiger partial charge on any atom is -0.507 e. The number of phenols is 1. The highest BCUT2D eigenvalue weighted by Gasteiger charge is 2.20. The van der Waals surface area contributed by atoms with Gasteiger partial charge in [0.05, 0.1) is 16.3 Å². The van der Waals surface area contributed by atoms with E-state index in [9.17, 15) is 23.1 Å². The van der Waals surface area contributed by atoms with Crippen LogP contribution in [0.4, 0.5) is 21.9 Å². The molecule has 0 aliphatic carbocycles. The van der Waals surface area contributed by atoms with Gasteiger partial charge in [0, 0.05) is 11.8 Å². The first-order valence-electron chi connectivity index (χ1n) is 8.57. The van der Waals surface area contributed by atoms with Crippen molar-refractivity contribution >= 4 is 39.1 Å². The Hall–Kier alpha value is -4.05. The summed E-state index contributed by atoms with van der Waals surface area (Å²) in [5, 5.41) is 23.9. The van der Waals surface area contributed by atoms with Crippen LogP contribution in [0.15, 0.2) is 77.7 Å². The number of carbonyl (C=O) groups excluding carboxylic acids is 1. The minimum absolute atomic E-state index is 0.0857. The summed E-state index contributed by atoms with van der Waals surface area (Å²) < 4.78 is 27.7. The number of para-hydroxylation sites is 3. The number of nitrogens with one attached hydrogen (secondary N) is 3. The van der Waals surface area contributed by atoms with Gasteiger partial charge < -0.3 is 20.8 Å². The van der Waals surface area contributed by atoms with Crippen LogP contribution < -0.4 is 15.4 Å². The van der Waals surface area contributed by atoms with Crippen molar-refractivity contribution in [2.45, 2.75) is 4.90 Å². The largest absolute Gasteiger partial charge is 0.507 e. The summed E-state index contributed by atoms with van der Waals surface area (Å²) in [6.45, 7) is 0. The molecule has 0 aromatic heterocycles. The summed E-state index contributed by atoms with van der Waals surface area (Å²) in [7, 11) is -4.17. The lowest BCUT2D eigenvalue weighted by atomic mass is 10.2. The molecule has 154 valence electrons. The van der Waals surface area contributed by atoms with Gasteiger partial charge in [-0.1, -0.05) is 30.3 Å².